The van der Waals surface area contributed by atoms with E-state index in [1.807, 2.05) is 0 Å². The monoisotopic (exact) mass is 517 g/mol. The molecule has 2 aliphatic heterocycles. The van der Waals surface area contributed by atoms with Gasteiger partial charge in [-0.2, -0.15) is 0 Å². The molecule has 4 rings (SSSR count). The van der Waals surface area contributed by atoms with Crippen molar-refractivity contribution in [1.29, 1.82) is 0 Å². The van der Waals surface area contributed by atoms with E-state index in [0.29, 0.717) is 26.1 Å². The zero-order chi connectivity index (χ0) is 25.9. The summed E-state index contributed by atoms with van der Waals surface area (Å²) in [5, 5.41) is 28.5. The molecule has 1 saturated heterocycles. The SMILES string of the molecule is COC1=NC(c2nnc(NS(=O)(=O)[C@H](C)[C@H](O)C3CCOCC3)n2-c2c(O)cccc2OC)=C=C=C1. The zero-order valence-corrected chi connectivity index (χ0v) is 20.8. The number of aromatic nitrogens is 3. The predicted octanol–water partition coefficient (Wildman–Crippen LogP) is 1.61. The van der Waals surface area contributed by atoms with Crippen molar-refractivity contribution in [3.8, 4) is 17.2 Å². The van der Waals surface area contributed by atoms with Crippen LogP contribution in [-0.4, -0.2) is 78.1 Å². The van der Waals surface area contributed by atoms with Gasteiger partial charge in [-0.1, -0.05) is 11.8 Å². The molecule has 0 saturated carbocycles. The van der Waals surface area contributed by atoms with Gasteiger partial charge in [0.25, 0.3) is 0 Å². The van der Waals surface area contributed by atoms with Gasteiger partial charge in [-0.25, -0.2) is 13.4 Å². The molecule has 3 heterocycles. The number of aromatic hydroxyl groups is 1. The molecule has 2 atom stereocenters. The Morgan fingerprint density at radius 1 is 1.22 bits per heavy atom. The topological polar surface area (TPSA) is 157 Å². The molecule has 12 nitrogen and oxygen atoms in total. The number of ether oxygens (including phenoxy) is 3. The number of anilines is 1. The lowest BCUT2D eigenvalue weighted by molar-refractivity contribution is 0.00820. The first-order valence-electron chi connectivity index (χ1n) is 11.2. The predicted molar refractivity (Wildman–Crippen MR) is 131 cm³/mol. The fraction of sp³-hybridized carbons (Fsp3) is 0.435. The van der Waals surface area contributed by atoms with Crippen LogP contribution in [0.25, 0.3) is 11.4 Å². The first-order valence-corrected chi connectivity index (χ1v) is 12.8. The van der Waals surface area contributed by atoms with Crippen molar-refractivity contribution in [2.24, 2.45) is 10.9 Å². The van der Waals surface area contributed by atoms with E-state index in [9.17, 15) is 18.6 Å². The first kappa shape index (κ1) is 25.5. The molecule has 13 heteroatoms. The minimum Gasteiger partial charge on any atom is -0.506 e. The average Bonchev–Trinajstić information content (AvgIpc) is 3.30. The maximum atomic E-state index is 13.3. The van der Waals surface area contributed by atoms with Crippen LogP contribution in [0.2, 0.25) is 0 Å². The van der Waals surface area contributed by atoms with E-state index >= 15 is 0 Å². The molecule has 0 spiro atoms. The Balaban J connectivity index is 1.79. The molecular formula is C23H27N5O7S. The molecule has 2 aromatic rings. The average molecular weight is 518 g/mol. The van der Waals surface area contributed by atoms with Crippen molar-refractivity contribution >= 4 is 27.6 Å². The van der Waals surface area contributed by atoms with Gasteiger partial charge in [-0.3, -0.25) is 9.29 Å². The van der Waals surface area contributed by atoms with Gasteiger partial charge in [0.05, 0.1) is 26.4 Å². The van der Waals surface area contributed by atoms with Gasteiger partial charge < -0.3 is 24.4 Å². The number of nitrogens with zero attached hydrogens (tertiary/aromatic N) is 4. The zero-order valence-electron chi connectivity index (χ0n) is 20.0. The highest BCUT2D eigenvalue weighted by Crippen LogP contribution is 2.36. The van der Waals surface area contributed by atoms with E-state index in [1.165, 1.54) is 37.9 Å². The summed E-state index contributed by atoms with van der Waals surface area (Å²) in [6.07, 6.45) is 1.47. The van der Waals surface area contributed by atoms with Crippen molar-refractivity contribution in [1.82, 2.24) is 14.8 Å². The first-order chi connectivity index (χ1) is 17.3. The number of phenols is 1. The van der Waals surface area contributed by atoms with E-state index in [4.69, 9.17) is 14.2 Å². The van der Waals surface area contributed by atoms with Crippen molar-refractivity contribution in [2.75, 3.05) is 32.2 Å². The largest absolute Gasteiger partial charge is 0.506 e. The minimum absolute atomic E-state index is 0.0419. The summed E-state index contributed by atoms with van der Waals surface area (Å²) >= 11 is 0. The molecule has 0 radical (unpaired) electrons. The van der Waals surface area contributed by atoms with Gasteiger partial charge in [0.2, 0.25) is 21.9 Å². The van der Waals surface area contributed by atoms with Gasteiger partial charge >= 0.3 is 0 Å². The lowest BCUT2D eigenvalue weighted by Gasteiger charge is -2.30. The molecule has 1 aromatic heterocycles. The van der Waals surface area contributed by atoms with Crippen LogP contribution >= 0.6 is 0 Å². The molecule has 1 fully saturated rings. The summed E-state index contributed by atoms with van der Waals surface area (Å²) in [5.74, 6) is -0.202. The number of nitrogens with one attached hydrogen (secondary N) is 1. The van der Waals surface area contributed by atoms with Crippen LogP contribution in [0.4, 0.5) is 5.95 Å². The van der Waals surface area contributed by atoms with Crippen LogP contribution in [0.5, 0.6) is 11.5 Å². The fourth-order valence-electron chi connectivity index (χ4n) is 4.01. The summed E-state index contributed by atoms with van der Waals surface area (Å²) in [4.78, 5) is 4.28. The maximum absolute atomic E-state index is 13.3. The highest BCUT2D eigenvalue weighted by Gasteiger charge is 2.36. The number of aliphatic imine (C=N–C) groups is 1. The third-order valence-electron chi connectivity index (χ3n) is 6.07. The number of hydrogen-bond donors (Lipinski definition) is 3. The Morgan fingerprint density at radius 3 is 2.67 bits per heavy atom. The van der Waals surface area contributed by atoms with Crippen LogP contribution < -0.4 is 9.46 Å². The smallest absolute Gasteiger partial charge is 0.243 e. The summed E-state index contributed by atoms with van der Waals surface area (Å²) < 4.78 is 46.2. The fourth-order valence-corrected chi connectivity index (χ4v) is 5.17. The molecule has 1 aromatic carbocycles. The molecule has 0 aliphatic carbocycles. The number of aliphatic hydroxyl groups excluding tert-OH is 1. The van der Waals surface area contributed by atoms with E-state index in [1.54, 1.807) is 12.1 Å². The van der Waals surface area contributed by atoms with Gasteiger partial charge in [-0.05, 0) is 43.5 Å². The molecule has 0 unspecified atom stereocenters. The van der Waals surface area contributed by atoms with Crippen molar-refractivity contribution in [3.63, 3.8) is 0 Å². The normalized spacial score (nSPS) is 17.8. The van der Waals surface area contributed by atoms with E-state index in [-0.39, 0.29) is 46.5 Å². The Hall–Kier alpha value is -3.60. The Kier molecular flexibility index (Phi) is 7.48. The molecule has 3 N–H and O–H groups in total. The highest BCUT2D eigenvalue weighted by atomic mass is 32.2. The third kappa shape index (κ3) is 5.01. The van der Waals surface area contributed by atoms with Crippen molar-refractivity contribution in [3.05, 3.63) is 41.6 Å². The quantitative estimate of drug-likeness (QED) is 0.442. The van der Waals surface area contributed by atoms with Gasteiger partial charge in [0.15, 0.2) is 11.5 Å². The number of rotatable bonds is 8. The molecule has 2 aliphatic rings. The number of benzene rings is 1. The molecule has 36 heavy (non-hydrogen) atoms. The lowest BCUT2D eigenvalue weighted by Crippen LogP contribution is -2.42. The molecule has 0 bridgehead atoms. The number of hydrogen-bond acceptors (Lipinski definition) is 10. The number of phenolic OH excluding ortho intramolecular Hbond substituents is 1. The number of aliphatic hydroxyl groups is 1. The Labute approximate surface area is 208 Å². The summed E-state index contributed by atoms with van der Waals surface area (Å²) in [6.45, 7) is 2.36. The molecule has 192 valence electrons. The third-order valence-corrected chi connectivity index (χ3v) is 7.79. The van der Waals surface area contributed by atoms with Crippen molar-refractivity contribution in [2.45, 2.75) is 31.1 Å². The molecular weight excluding hydrogens is 490 g/mol. The molecule has 0 amide bonds. The number of methoxy groups -OCH3 is 2. The van der Waals surface area contributed by atoms with Crippen LogP contribution in [-0.2, 0) is 19.5 Å². The van der Waals surface area contributed by atoms with Crippen molar-refractivity contribution < 1.29 is 32.8 Å². The Morgan fingerprint density at radius 2 is 1.97 bits per heavy atom. The highest BCUT2D eigenvalue weighted by molar-refractivity contribution is 7.93. The summed E-state index contributed by atoms with van der Waals surface area (Å²) in [7, 11) is -1.32. The van der Waals surface area contributed by atoms with E-state index in [0.717, 1.165) is 0 Å². The minimum atomic E-state index is -4.16. The van der Waals surface area contributed by atoms with Gasteiger partial charge in [-0.15, -0.1) is 10.2 Å². The maximum Gasteiger partial charge on any atom is 0.243 e. The van der Waals surface area contributed by atoms with E-state index in [2.05, 4.69) is 31.4 Å². The second-order valence-electron chi connectivity index (χ2n) is 8.22. The van der Waals surface area contributed by atoms with Gasteiger partial charge in [0.1, 0.15) is 22.4 Å². The van der Waals surface area contributed by atoms with Crippen LogP contribution in [0.15, 0.2) is 40.7 Å². The number of sulfonamides is 1. The van der Waals surface area contributed by atoms with Crippen LogP contribution in [0.1, 0.15) is 25.6 Å². The second-order valence-corrected chi connectivity index (χ2v) is 10.3. The lowest BCUT2D eigenvalue weighted by atomic mass is 9.92. The van der Waals surface area contributed by atoms with E-state index < -0.39 is 21.4 Å². The second kappa shape index (κ2) is 10.6. The number of para-hydroxylation sites is 1. The van der Waals surface area contributed by atoms with Crippen LogP contribution in [0.3, 0.4) is 0 Å². The standard InChI is InChI=1S/C23H27N5O7S/c1-14(21(30)15-10-12-35-13-11-15)36(31,32)27-23-26-25-22(16-6-4-9-19(24-16)34-3)28(23)20-17(29)7-5-8-18(20)33-2/h5,7-9,14-15,21,29-30H,10-13H2,1-3H3,(H,26,27)/t14-,21+/m1/s1. The summed E-state index contributed by atoms with van der Waals surface area (Å²) in [6, 6.07) is 4.57. The Bertz CT molecular complexity index is 1370. The van der Waals surface area contributed by atoms with Crippen LogP contribution in [0, 0.1) is 5.92 Å². The van der Waals surface area contributed by atoms with Gasteiger partial charge in [0, 0.05) is 13.2 Å². The summed E-state index contributed by atoms with van der Waals surface area (Å²) in [5.41, 5.74) is 5.76.